The van der Waals surface area contributed by atoms with Crippen molar-refractivity contribution in [3.05, 3.63) is 95.6 Å². The minimum atomic E-state index is -4.48. The summed E-state index contributed by atoms with van der Waals surface area (Å²) in [5.41, 5.74) is 0.813. The van der Waals surface area contributed by atoms with E-state index in [4.69, 9.17) is 66.3 Å². The lowest BCUT2D eigenvalue weighted by Crippen LogP contribution is -2.28. The average Bonchev–Trinajstić information content (AvgIpc) is 3.35. The topological polar surface area (TPSA) is 187 Å². The second-order valence-corrected chi connectivity index (χ2v) is 14.2. The highest BCUT2D eigenvalue weighted by atomic mass is 19.4. The van der Waals surface area contributed by atoms with Crippen molar-refractivity contribution in [1.82, 2.24) is 5.32 Å². The number of carbonyl (C=O) groups is 2. The zero-order valence-corrected chi connectivity index (χ0v) is 39.3. The van der Waals surface area contributed by atoms with Gasteiger partial charge in [0.1, 0.15) is 13.2 Å². The summed E-state index contributed by atoms with van der Waals surface area (Å²) in [5, 5.41) is 5.50. The fraction of sp³-hybridized carbons (Fsp3) is 0.583. The average molecular weight is 987 g/mol. The summed E-state index contributed by atoms with van der Waals surface area (Å²) in [4.78, 5) is 24.3. The lowest BCUT2D eigenvalue weighted by molar-refractivity contribution is -0.137. The van der Waals surface area contributed by atoms with E-state index in [1.807, 2.05) is 30.3 Å². The van der Waals surface area contributed by atoms with Crippen LogP contribution >= 0.6 is 0 Å². The number of benzene rings is 3. The lowest BCUT2D eigenvalue weighted by Gasteiger charge is -2.13. The van der Waals surface area contributed by atoms with Crippen LogP contribution in [0.25, 0.3) is 0 Å². The number of alkyl halides is 3. The van der Waals surface area contributed by atoms with Crippen LogP contribution in [0.15, 0.2) is 78.9 Å². The molecule has 0 unspecified atom stereocenters. The lowest BCUT2D eigenvalue weighted by atomic mass is 10.1. The maximum absolute atomic E-state index is 13.1. The van der Waals surface area contributed by atoms with Gasteiger partial charge in [-0.1, -0.05) is 48.5 Å². The summed E-state index contributed by atoms with van der Waals surface area (Å²) in [6.07, 6.45) is -4.97. The van der Waals surface area contributed by atoms with Gasteiger partial charge in [-0.15, -0.1) is 0 Å². The van der Waals surface area contributed by atoms with Gasteiger partial charge < -0.3 is 76.9 Å². The van der Waals surface area contributed by atoms with Crippen molar-refractivity contribution in [3.8, 4) is 0 Å². The molecule has 3 aromatic rings. The van der Waals surface area contributed by atoms with E-state index in [2.05, 4.69) is 10.6 Å². The predicted molar refractivity (Wildman–Crippen MR) is 246 cm³/mol. The largest absolute Gasteiger partial charge is 0.460 e. The van der Waals surface area contributed by atoms with Gasteiger partial charge in [0.2, 0.25) is 0 Å². The molecule has 3 rings (SSSR count). The van der Waals surface area contributed by atoms with Gasteiger partial charge in [0.25, 0.3) is 0 Å². The van der Waals surface area contributed by atoms with Crippen molar-refractivity contribution >= 4 is 23.4 Å². The number of alkyl carbamates (subject to hydrolysis) is 1. The van der Waals surface area contributed by atoms with Crippen LogP contribution in [0.3, 0.4) is 0 Å². The molecule has 0 saturated carbocycles. The molecule has 18 nitrogen and oxygen atoms in total. The van der Waals surface area contributed by atoms with Gasteiger partial charge in [0.05, 0.1) is 175 Å². The molecule has 0 heterocycles. The van der Waals surface area contributed by atoms with E-state index in [0.717, 1.165) is 17.7 Å². The summed E-state index contributed by atoms with van der Waals surface area (Å²) in [6, 6.07) is 20.6. The number of nitrogens with one attached hydrogen (secondary N) is 2. The van der Waals surface area contributed by atoms with E-state index < -0.39 is 23.8 Å². The molecule has 21 heteroatoms. The van der Waals surface area contributed by atoms with E-state index in [0.29, 0.717) is 164 Å². The first-order valence-corrected chi connectivity index (χ1v) is 22.9. The zero-order chi connectivity index (χ0) is 49.1. The number of para-hydroxylation sites is 1. The molecular formula is C48H69F3N2O16. The predicted octanol–water partition coefficient (Wildman–Crippen LogP) is 5.73. The Morgan fingerprint density at radius 2 is 0.812 bits per heavy atom. The van der Waals surface area contributed by atoms with Gasteiger partial charge in [-0.3, -0.25) is 0 Å². The summed E-state index contributed by atoms with van der Waals surface area (Å²) in [5.74, 6) is -0.635. The molecule has 388 valence electrons. The molecule has 0 aliphatic heterocycles. The minimum absolute atomic E-state index is 0.0104. The molecule has 0 bridgehead atoms. The number of halogens is 3. The highest BCUT2D eigenvalue weighted by Crippen LogP contribution is 2.32. The third-order valence-electron chi connectivity index (χ3n) is 8.90. The van der Waals surface area contributed by atoms with Crippen LogP contribution in [-0.2, 0) is 79.1 Å². The second-order valence-electron chi connectivity index (χ2n) is 14.2. The van der Waals surface area contributed by atoms with Gasteiger partial charge in [-0.25, -0.2) is 9.59 Å². The fourth-order valence-electron chi connectivity index (χ4n) is 5.49. The van der Waals surface area contributed by atoms with Crippen LogP contribution in [0.5, 0.6) is 0 Å². The van der Waals surface area contributed by atoms with Crippen molar-refractivity contribution in [2.24, 2.45) is 0 Å². The number of amides is 1. The third-order valence-corrected chi connectivity index (χ3v) is 8.90. The Balaban J connectivity index is 0.934. The maximum atomic E-state index is 13.1. The van der Waals surface area contributed by atoms with Crippen LogP contribution < -0.4 is 10.6 Å². The number of hydrogen-bond donors (Lipinski definition) is 2. The summed E-state index contributed by atoms with van der Waals surface area (Å²) in [7, 11) is 0. The van der Waals surface area contributed by atoms with Crippen LogP contribution in [0.1, 0.15) is 21.5 Å². The van der Waals surface area contributed by atoms with Gasteiger partial charge in [0, 0.05) is 12.2 Å². The van der Waals surface area contributed by atoms with Crippen molar-refractivity contribution in [2.45, 2.75) is 12.8 Å². The molecule has 0 spiro atoms. The van der Waals surface area contributed by atoms with Gasteiger partial charge >= 0.3 is 18.2 Å². The molecule has 0 saturated heterocycles. The minimum Gasteiger partial charge on any atom is -0.460 e. The Hall–Kier alpha value is -4.49. The van der Waals surface area contributed by atoms with E-state index in [9.17, 15) is 22.8 Å². The summed E-state index contributed by atoms with van der Waals surface area (Å²) in [6.45, 7) is 10.5. The van der Waals surface area contributed by atoms with Gasteiger partial charge in [0.15, 0.2) is 0 Å². The number of ether oxygens (including phenoxy) is 14. The van der Waals surface area contributed by atoms with Crippen molar-refractivity contribution < 1.29 is 89.1 Å². The molecule has 0 aliphatic carbocycles. The Kier molecular flexibility index (Phi) is 34.3. The zero-order valence-electron chi connectivity index (χ0n) is 39.3. The number of esters is 1. The van der Waals surface area contributed by atoms with Crippen LogP contribution in [0, 0.1) is 0 Å². The fourth-order valence-corrected chi connectivity index (χ4v) is 5.49. The molecule has 0 aliphatic rings. The van der Waals surface area contributed by atoms with Gasteiger partial charge in [-0.05, 0) is 35.9 Å². The Labute approximate surface area is 402 Å². The van der Waals surface area contributed by atoms with Crippen molar-refractivity contribution in [1.29, 1.82) is 0 Å². The second kappa shape index (κ2) is 40.3. The first kappa shape index (κ1) is 58.8. The third kappa shape index (κ3) is 32.1. The quantitative estimate of drug-likeness (QED) is 0.0516. The Bertz CT molecular complexity index is 1720. The highest BCUT2D eigenvalue weighted by molar-refractivity contribution is 5.96. The first-order valence-electron chi connectivity index (χ1n) is 22.9. The monoisotopic (exact) mass is 986 g/mol. The van der Waals surface area contributed by atoms with Gasteiger partial charge in [-0.2, -0.15) is 13.2 Å². The molecule has 0 fully saturated rings. The normalized spacial score (nSPS) is 11.5. The molecule has 0 atom stereocenters. The number of hydrogen-bond acceptors (Lipinski definition) is 17. The molecule has 1 amide bonds. The van der Waals surface area contributed by atoms with Crippen LogP contribution in [-0.4, -0.2) is 184 Å². The van der Waals surface area contributed by atoms with E-state index >= 15 is 0 Å². The molecule has 2 N–H and O–H groups in total. The molecule has 0 radical (unpaired) electrons. The van der Waals surface area contributed by atoms with E-state index in [1.165, 1.54) is 18.2 Å². The Morgan fingerprint density at radius 3 is 1.25 bits per heavy atom. The van der Waals surface area contributed by atoms with E-state index in [1.54, 1.807) is 18.2 Å². The smallest absolute Gasteiger partial charge is 0.416 e. The van der Waals surface area contributed by atoms with Crippen LogP contribution in [0.2, 0.25) is 0 Å². The summed E-state index contributed by atoms with van der Waals surface area (Å²) >= 11 is 0. The standard InChI is InChI=1S/C48H69F3N2O16/c49-48(50,51)42-9-6-10-43(39-42)53-45-12-5-4-11-44(45)46(54)68-38-37-67-36-35-66-34-33-65-32-31-64-30-29-63-28-27-62-26-25-61-24-23-60-22-21-59-20-19-58-18-17-57-16-15-56-14-13-52-47(55)69-40-41-7-2-1-3-8-41/h1-12,39,53H,13-38,40H2,(H,52,55). The molecule has 0 aromatic heterocycles. The maximum Gasteiger partial charge on any atom is 0.416 e. The number of anilines is 2. The number of carbonyl (C=O) groups excluding carboxylic acids is 2. The van der Waals surface area contributed by atoms with Crippen molar-refractivity contribution in [2.75, 3.05) is 177 Å². The first-order chi connectivity index (χ1) is 33.8. The number of rotatable bonds is 44. The SMILES string of the molecule is O=C(NCCOCCOCCOCCOCCOCCOCCOCCOCCOCCOCCOCCOCCOC(=O)c1ccccc1Nc1cccc(C(F)(F)F)c1)OCc1ccccc1. The van der Waals surface area contributed by atoms with Crippen LogP contribution in [0.4, 0.5) is 29.3 Å². The molecular weight excluding hydrogens is 918 g/mol. The van der Waals surface area contributed by atoms with Crippen molar-refractivity contribution in [3.63, 3.8) is 0 Å². The van der Waals surface area contributed by atoms with E-state index in [-0.39, 0.29) is 31.1 Å². The molecule has 69 heavy (non-hydrogen) atoms. The molecule has 3 aromatic carbocycles. The highest BCUT2D eigenvalue weighted by Gasteiger charge is 2.30. The summed E-state index contributed by atoms with van der Waals surface area (Å²) < 4.78 is 115. The Morgan fingerprint density at radius 1 is 0.420 bits per heavy atom.